The van der Waals surface area contributed by atoms with Crippen molar-refractivity contribution in [3.63, 3.8) is 0 Å². The van der Waals surface area contributed by atoms with Crippen molar-refractivity contribution in [3.05, 3.63) is 29.6 Å². The third-order valence-electron chi connectivity index (χ3n) is 2.15. The topological polar surface area (TPSA) is 38.7 Å². The van der Waals surface area contributed by atoms with Crippen LogP contribution in [0, 0.1) is 17.7 Å². The molecule has 7 heteroatoms. The Hall–Kier alpha value is -1.78. The molecule has 1 aromatic rings. The van der Waals surface area contributed by atoms with Gasteiger partial charge in [0.25, 0.3) is 0 Å². The van der Waals surface area contributed by atoms with Gasteiger partial charge in [0.1, 0.15) is 24.8 Å². The van der Waals surface area contributed by atoms with Gasteiger partial charge in [0.15, 0.2) is 0 Å². The van der Waals surface area contributed by atoms with Gasteiger partial charge in [-0.25, -0.2) is 4.39 Å². The van der Waals surface area contributed by atoms with Gasteiger partial charge in [-0.05, 0) is 18.2 Å². The summed E-state index contributed by atoms with van der Waals surface area (Å²) in [6, 6.07) is 3.64. The Morgan fingerprint density at radius 1 is 1.19 bits per heavy atom. The lowest BCUT2D eigenvalue weighted by Crippen LogP contribution is -2.19. The molecule has 0 spiro atoms. The molecule has 0 aliphatic rings. The minimum Gasteiger partial charge on any atom is -0.490 e. The van der Waals surface area contributed by atoms with Crippen LogP contribution in [0.3, 0.4) is 0 Å². The maximum absolute atomic E-state index is 13.1. The molecule has 1 aromatic carbocycles. The van der Waals surface area contributed by atoms with E-state index in [-0.39, 0.29) is 37.6 Å². The lowest BCUT2D eigenvalue weighted by molar-refractivity contribution is -0.175. The Morgan fingerprint density at radius 3 is 2.62 bits per heavy atom. The van der Waals surface area contributed by atoms with E-state index < -0.39 is 18.6 Å². The van der Waals surface area contributed by atoms with Crippen LogP contribution in [0.25, 0.3) is 0 Å². The molecule has 0 heterocycles. The van der Waals surface area contributed by atoms with Crippen LogP contribution >= 0.6 is 0 Å². The minimum absolute atomic E-state index is 0.115. The van der Waals surface area contributed by atoms with Crippen molar-refractivity contribution in [2.75, 3.05) is 26.4 Å². The zero-order valence-electron chi connectivity index (χ0n) is 11.0. The maximum atomic E-state index is 13.1. The number of aliphatic hydroxyl groups is 1. The van der Waals surface area contributed by atoms with Crippen molar-refractivity contribution in [3.8, 4) is 17.6 Å². The fourth-order valence-electron chi connectivity index (χ4n) is 1.34. The average Bonchev–Trinajstić information content (AvgIpc) is 2.39. The summed E-state index contributed by atoms with van der Waals surface area (Å²) >= 11 is 0. The molecule has 1 rings (SSSR count). The van der Waals surface area contributed by atoms with Crippen LogP contribution in [-0.2, 0) is 4.74 Å². The van der Waals surface area contributed by atoms with E-state index in [4.69, 9.17) is 9.84 Å². The van der Waals surface area contributed by atoms with E-state index in [0.717, 1.165) is 12.1 Å². The molecule has 0 atom stereocenters. The number of benzene rings is 1. The largest absolute Gasteiger partial charge is 0.490 e. The van der Waals surface area contributed by atoms with E-state index in [1.54, 1.807) is 0 Å². The van der Waals surface area contributed by atoms with E-state index in [0.29, 0.717) is 0 Å². The Kier molecular flexibility index (Phi) is 6.99. The van der Waals surface area contributed by atoms with Gasteiger partial charge in [0, 0.05) is 6.42 Å². The second kappa shape index (κ2) is 8.49. The molecule has 0 aromatic heterocycles. The molecule has 0 fully saturated rings. The van der Waals surface area contributed by atoms with Crippen molar-refractivity contribution in [2.24, 2.45) is 0 Å². The minimum atomic E-state index is -4.38. The average molecular weight is 306 g/mol. The maximum Gasteiger partial charge on any atom is 0.411 e. The number of halogens is 4. The lowest BCUT2D eigenvalue weighted by Gasteiger charge is -2.10. The monoisotopic (exact) mass is 306 g/mol. The van der Waals surface area contributed by atoms with Crippen LogP contribution in [-0.4, -0.2) is 37.7 Å². The van der Waals surface area contributed by atoms with Gasteiger partial charge in [0.2, 0.25) is 0 Å². The van der Waals surface area contributed by atoms with Gasteiger partial charge in [0.05, 0.1) is 18.8 Å². The fourth-order valence-corrected chi connectivity index (χ4v) is 1.34. The first kappa shape index (κ1) is 17.3. The Bertz CT molecular complexity index is 503. The molecule has 0 aliphatic carbocycles. The molecule has 0 bridgehead atoms. The number of aliphatic hydroxyl groups excluding tert-OH is 1. The summed E-state index contributed by atoms with van der Waals surface area (Å²) in [4.78, 5) is 0. The number of rotatable bonds is 6. The first-order valence-electron chi connectivity index (χ1n) is 6.09. The van der Waals surface area contributed by atoms with Crippen LogP contribution in [0.4, 0.5) is 17.6 Å². The summed E-state index contributed by atoms with van der Waals surface area (Å²) in [6.07, 6.45) is -4.15. The third kappa shape index (κ3) is 7.54. The highest BCUT2D eigenvalue weighted by Gasteiger charge is 2.27. The first-order valence-corrected chi connectivity index (χ1v) is 6.09. The highest BCUT2D eigenvalue weighted by atomic mass is 19.4. The predicted molar refractivity (Wildman–Crippen MR) is 67.3 cm³/mol. The highest BCUT2D eigenvalue weighted by molar-refractivity contribution is 5.46. The molecule has 116 valence electrons. The molecule has 0 radical (unpaired) electrons. The van der Waals surface area contributed by atoms with E-state index in [2.05, 4.69) is 16.6 Å². The van der Waals surface area contributed by atoms with Gasteiger partial charge < -0.3 is 14.6 Å². The first-order chi connectivity index (χ1) is 9.92. The van der Waals surface area contributed by atoms with Crippen molar-refractivity contribution >= 4 is 0 Å². The lowest BCUT2D eigenvalue weighted by atomic mass is 10.2. The SMILES string of the molecule is OCCC#Cc1cc(F)ccc1OCCOCC(F)(F)F. The van der Waals surface area contributed by atoms with E-state index in [1.807, 2.05) is 0 Å². The normalized spacial score (nSPS) is 10.9. The summed E-state index contributed by atoms with van der Waals surface area (Å²) in [5.41, 5.74) is 0.263. The molecule has 1 N–H and O–H groups in total. The summed E-state index contributed by atoms with van der Waals surface area (Å²) < 4.78 is 58.2. The van der Waals surface area contributed by atoms with Gasteiger partial charge in [-0.1, -0.05) is 11.8 Å². The standard InChI is InChI=1S/C14H14F4O3/c15-12-4-5-13(11(9-12)3-1-2-6-19)21-8-7-20-10-14(16,17)18/h4-5,9,19H,2,6-8,10H2. The van der Waals surface area contributed by atoms with Gasteiger partial charge in [-0.2, -0.15) is 13.2 Å². The van der Waals surface area contributed by atoms with Crippen molar-refractivity contribution < 1.29 is 32.1 Å². The number of hydrogen-bond acceptors (Lipinski definition) is 3. The van der Waals surface area contributed by atoms with Gasteiger partial charge >= 0.3 is 6.18 Å². The zero-order valence-corrected chi connectivity index (χ0v) is 11.0. The van der Waals surface area contributed by atoms with Crippen LogP contribution in [0.2, 0.25) is 0 Å². The number of ether oxygens (including phenoxy) is 2. The molecular weight excluding hydrogens is 292 g/mol. The van der Waals surface area contributed by atoms with Crippen molar-refractivity contribution in [1.29, 1.82) is 0 Å². The molecule has 21 heavy (non-hydrogen) atoms. The predicted octanol–water partition coefficient (Wildman–Crippen LogP) is 2.52. The van der Waals surface area contributed by atoms with E-state index >= 15 is 0 Å². The third-order valence-corrected chi connectivity index (χ3v) is 2.15. The van der Waals surface area contributed by atoms with Crippen LogP contribution < -0.4 is 4.74 Å². The molecule has 0 saturated heterocycles. The Labute approximate surface area is 119 Å². The van der Waals surface area contributed by atoms with Crippen LogP contribution in [0.5, 0.6) is 5.75 Å². The molecule has 0 aliphatic heterocycles. The van der Waals surface area contributed by atoms with Gasteiger partial charge in [-0.15, -0.1) is 0 Å². The molecule has 0 saturated carbocycles. The summed E-state index contributed by atoms with van der Waals surface area (Å²) in [7, 11) is 0. The van der Waals surface area contributed by atoms with Crippen molar-refractivity contribution in [1.82, 2.24) is 0 Å². The Morgan fingerprint density at radius 2 is 1.95 bits per heavy atom. The second-order valence-electron chi connectivity index (χ2n) is 3.93. The van der Waals surface area contributed by atoms with Crippen LogP contribution in [0.1, 0.15) is 12.0 Å². The number of hydrogen-bond donors (Lipinski definition) is 1. The van der Waals surface area contributed by atoms with Crippen molar-refractivity contribution in [2.45, 2.75) is 12.6 Å². The Balaban J connectivity index is 2.53. The quantitative estimate of drug-likeness (QED) is 0.499. The second-order valence-corrected chi connectivity index (χ2v) is 3.93. The van der Waals surface area contributed by atoms with E-state index in [1.165, 1.54) is 6.07 Å². The molecule has 3 nitrogen and oxygen atoms in total. The summed E-state index contributed by atoms with van der Waals surface area (Å²) in [6.45, 7) is -1.83. The van der Waals surface area contributed by atoms with Gasteiger partial charge in [-0.3, -0.25) is 0 Å². The summed E-state index contributed by atoms with van der Waals surface area (Å²) in [5, 5.41) is 8.62. The zero-order chi connectivity index (χ0) is 15.7. The van der Waals surface area contributed by atoms with Crippen LogP contribution in [0.15, 0.2) is 18.2 Å². The highest BCUT2D eigenvalue weighted by Crippen LogP contribution is 2.19. The molecule has 0 amide bonds. The fraction of sp³-hybridized carbons (Fsp3) is 0.429. The molecular formula is C14H14F4O3. The van der Waals surface area contributed by atoms with E-state index in [9.17, 15) is 17.6 Å². The smallest absolute Gasteiger partial charge is 0.411 e. The summed E-state index contributed by atoms with van der Waals surface area (Å²) in [5.74, 6) is 4.98. The molecule has 0 unspecified atom stereocenters. The number of alkyl halides is 3.